The maximum Gasteiger partial charge on any atom is 0.163 e. The van der Waals surface area contributed by atoms with Crippen molar-refractivity contribution >= 4 is 11.5 Å². The molecule has 4 heteroatoms. The smallest absolute Gasteiger partial charge is 0.163 e. The van der Waals surface area contributed by atoms with E-state index in [9.17, 15) is 4.79 Å². The van der Waals surface area contributed by atoms with E-state index in [0.29, 0.717) is 12.1 Å². The molecule has 1 aromatic rings. The van der Waals surface area contributed by atoms with Crippen molar-refractivity contribution in [1.29, 1.82) is 0 Å². The Labute approximate surface area is 111 Å². The highest BCUT2D eigenvalue weighted by molar-refractivity contribution is 6.15. The van der Waals surface area contributed by atoms with Crippen LogP contribution in [0.2, 0.25) is 0 Å². The van der Waals surface area contributed by atoms with Crippen LogP contribution in [-0.2, 0) is 4.79 Å². The van der Waals surface area contributed by atoms with Gasteiger partial charge in [0, 0.05) is 18.8 Å². The van der Waals surface area contributed by atoms with Crippen LogP contribution in [0.3, 0.4) is 0 Å². The van der Waals surface area contributed by atoms with Gasteiger partial charge in [0.15, 0.2) is 5.78 Å². The lowest BCUT2D eigenvalue weighted by Crippen LogP contribution is -2.21. The van der Waals surface area contributed by atoms with Crippen LogP contribution in [0, 0.1) is 0 Å². The molecule has 19 heavy (non-hydrogen) atoms. The fourth-order valence-electron chi connectivity index (χ4n) is 2.04. The standard InChI is InChI=1S/C15H13N3O/c19-11-9-14(12-5-1-3-7-16-12)18-15(10-11)13-6-2-4-8-17-13/h1-7,10,17H,8-9H2. The molecule has 2 aliphatic rings. The molecule has 0 aliphatic carbocycles. The molecule has 94 valence electrons. The maximum absolute atomic E-state index is 11.8. The zero-order chi connectivity index (χ0) is 13.1. The van der Waals surface area contributed by atoms with Gasteiger partial charge in [0.05, 0.1) is 29.2 Å². The van der Waals surface area contributed by atoms with Gasteiger partial charge in [0.25, 0.3) is 0 Å². The summed E-state index contributed by atoms with van der Waals surface area (Å²) in [5.41, 5.74) is 3.04. The highest BCUT2D eigenvalue weighted by atomic mass is 16.1. The van der Waals surface area contributed by atoms with E-state index in [0.717, 1.165) is 23.6 Å². The number of dihydropyridines is 1. The van der Waals surface area contributed by atoms with Gasteiger partial charge in [-0.1, -0.05) is 18.2 Å². The molecular weight excluding hydrogens is 238 g/mol. The molecule has 3 heterocycles. The highest BCUT2D eigenvalue weighted by Crippen LogP contribution is 2.19. The molecule has 0 unspecified atom stereocenters. The van der Waals surface area contributed by atoms with Gasteiger partial charge in [-0.05, 0) is 18.2 Å². The first-order valence-corrected chi connectivity index (χ1v) is 6.17. The lowest BCUT2D eigenvalue weighted by Gasteiger charge is -2.16. The zero-order valence-corrected chi connectivity index (χ0v) is 10.3. The summed E-state index contributed by atoms with van der Waals surface area (Å²) >= 11 is 0. The topological polar surface area (TPSA) is 54.4 Å². The van der Waals surface area contributed by atoms with E-state index in [1.807, 2.05) is 36.4 Å². The predicted molar refractivity (Wildman–Crippen MR) is 73.7 cm³/mol. The summed E-state index contributed by atoms with van der Waals surface area (Å²) < 4.78 is 0. The third kappa shape index (κ3) is 2.52. The minimum absolute atomic E-state index is 0.0582. The van der Waals surface area contributed by atoms with Gasteiger partial charge in [-0.2, -0.15) is 0 Å². The normalized spacial score (nSPS) is 18.3. The highest BCUT2D eigenvalue weighted by Gasteiger charge is 2.18. The summed E-state index contributed by atoms with van der Waals surface area (Å²) in [6, 6.07) is 5.62. The third-order valence-corrected chi connectivity index (χ3v) is 2.94. The second-order valence-electron chi connectivity index (χ2n) is 4.34. The summed E-state index contributed by atoms with van der Waals surface area (Å²) in [7, 11) is 0. The lowest BCUT2D eigenvalue weighted by atomic mass is 10.0. The number of pyridine rings is 1. The second kappa shape index (κ2) is 5.02. The number of nitrogens with one attached hydrogen (secondary N) is 1. The number of carbonyl (C=O) groups is 1. The molecule has 0 saturated carbocycles. The Bertz CT molecular complexity index is 624. The molecule has 1 N–H and O–H groups in total. The van der Waals surface area contributed by atoms with Crippen molar-refractivity contribution in [2.75, 3.05) is 6.54 Å². The summed E-state index contributed by atoms with van der Waals surface area (Å²) in [6.45, 7) is 0.756. The first-order chi connectivity index (χ1) is 9.33. The molecule has 4 nitrogen and oxygen atoms in total. The molecule has 0 aromatic carbocycles. The molecule has 0 spiro atoms. The number of ketones is 1. The van der Waals surface area contributed by atoms with Gasteiger partial charge in [0.1, 0.15) is 0 Å². The molecule has 0 fully saturated rings. The Hall–Kier alpha value is -2.49. The lowest BCUT2D eigenvalue weighted by molar-refractivity contribution is -0.113. The number of hydrogen-bond acceptors (Lipinski definition) is 4. The monoisotopic (exact) mass is 251 g/mol. The largest absolute Gasteiger partial charge is 0.380 e. The zero-order valence-electron chi connectivity index (χ0n) is 10.3. The summed E-state index contributed by atoms with van der Waals surface area (Å²) in [6.07, 6.45) is 9.50. The van der Waals surface area contributed by atoms with Crippen LogP contribution >= 0.6 is 0 Å². The number of aliphatic imine (C=N–C) groups is 1. The van der Waals surface area contributed by atoms with Crippen molar-refractivity contribution in [2.24, 2.45) is 4.99 Å². The van der Waals surface area contributed by atoms with E-state index < -0.39 is 0 Å². The minimum Gasteiger partial charge on any atom is -0.380 e. The van der Waals surface area contributed by atoms with Crippen LogP contribution in [0.25, 0.3) is 0 Å². The van der Waals surface area contributed by atoms with Gasteiger partial charge in [-0.3, -0.25) is 9.78 Å². The predicted octanol–water partition coefficient (Wildman–Crippen LogP) is 1.77. The van der Waals surface area contributed by atoms with Gasteiger partial charge in [-0.15, -0.1) is 0 Å². The van der Waals surface area contributed by atoms with E-state index in [4.69, 9.17) is 0 Å². The van der Waals surface area contributed by atoms with Crippen molar-refractivity contribution in [1.82, 2.24) is 10.3 Å². The summed E-state index contributed by atoms with van der Waals surface area (Å²) in [5.74, 6) is 0.0582. The van der Waals surface area contributed by atoms with Gasteiger partial charge in [-0.25, -0.2) is 4.99 Å². The van der Waals surface area contributed by atoms with Crippen molar-refractivity contribution in [3.05, 3.63) is 65.8 Å². The van der Waals surface area contributed by atoms with Crippen LogP contribution in [0.5, 0.6) is 0 Å². The Balaban J connectivity index is 1.97. The number of allylic oxidation sites excluding steroid dienone is 3. The van der Waals surface area contributed by atoms with Crippen molar-refractivity contribution in [2.45, 2.75) is 6.42 Å². The Morgan fingerprint density at radius 2 is 2.21 bits per heavy atom. The maximum atomic E-state index is 11.8. The van der Waals surface area contributed by atoms with Gasteiger partial charge >= 0.3 is 0 Å². The third-order valence-electron chi connectivity index (χ3n) is 2.94. The number of aromatic nitrogens is 1. The van der Waals surface area contributed by atoms with E-state index >= 15 is 0 Å². The fraction of sp³-hybridized carbons (Fsp3) is 0.133. The molecular formula is C15H13N3O. The average molecular weight is 251 g/mol. The van der Waals surface area contributed by atoms with Crippen molar-refractivity contribution in [3.63, 3.8) is 0 Å². The summed E-state index contributed by atoms with van der Waals surface area (Å²) in [4.78, 5) is 20.7. The molecule has 0 saturated heterocycles. The fourth-order valence-corrected chi connectivity index (χ4v) is 2.04. The van der Waals surface area contributed by atoms with Gasteiger partial charge in [0.2, 0.25) is 0 Å². The first kappa shape index (κ1) is 11.6. The van der Waals surface area contributed by atoms with Crippen LogP contribution in [0.15, 0.2) is 65.1 Å². The van der Waals surface area contributed by atoms with Crippen LogP contribution in [-0.4, -0.2) is 23.0 Å². The Kier molecular flexibility index (Phi) is 3.06. The number of rotatable bonds is 2. The van der Waals surface area contributed by atoms with Crippen LogP contribution in [0.1, 0.15) is 12.1 Å². The second-order valence-corrected chi connectivity index (χ2v) is 4.34. The van der Waals surface area contributed by atoms with E-state index in [1.54, 1.807) is 12.3 Å². The number of nitrogens with zero attached hydrogens (tertiary/aromatic N) is 2. The average Bonchev–Trinajstić information content (AvgIpc) is 2.48. The number of hydrogen-bond donors (Lipinski definition) is 1. The molecule has 1 aromatic heterocycles. The Morgan fingerprint density at radius 1 is 1.26 bits per heavy atom. The van der Waals surface area contributed by atoms with Crippen LogP contribution in [0.4, 0.5) is 0 Å². The minimum atomic E-state index is 0.0582. The molecule has 0 bridgehead atoms. The molecule has 0 radical (unpaired) electrons. The number of carbonyl (C=O) groups excluding carboxylic acids is 1. The van der Waals surface area contributed by atoms with E-state index in [2.05, 4.69) is 15.3 Å². The Morgan fingerprint density at radius 3 is 2.95 bits per heavy atom. The van der Waals surface area contributed by atoms with Crippen molar-refractivity contribution in [3.8, 4) is 0 Å². The van der Waals surface area contributed by atoms with E-state index in [1.165, 1.54) is 0 Å². The quantitative estimate of drug-likeness (QED) is 0.871. The van der Waals surface area contributed by atoms with Crippen molar-refractivity contribution < 1.29 is 4.79 Å². The molecule has 2 aliphatic heterocycles. The summed E-state index contributed by atoms with van der Waals surface area (Å²) in [5, 5.41) is 3.21. The molecule has 3 rings (SSSR count). The molecule has 0 amide bonds. The van der Waals surface area contributed by atoms with Gasteiger partial charge < -0.3 is 5.32 Å². The van der Waals surface area contributed by atoms with Crippen LogP contribution < -0.4 is 5.32 Å². The first-order valence-electron chi connectivity index (χ1n) is 6.17. The van der Waals surface area contributed by atoms with E-state index in [-0.39, 0.29) is 5.78 Å². The SMILES string of the molecule is O=C1C=C(C2=CC=CCN2)N=C(c2ccccn2)C1. The molecule has 0 atom stereocenters.